The van der Waals surface area contributed by atoms with E-state index in [0.29, 0.717) is 23.1 Å². The van der Waals surface area contributed by atoms with Crippen molar-refractivity contribution in [3.63, 3.8) is 0 Å². The molecule has 0 atom stereocenters. The average molecular weight is 301 g/mol. The zero-order valence-corrected chi connectivity index (χ0v) is 12.5. The maximum Gasteiger partial charge on any atom is 0.236 e. The van der Waals surface area contributed by atoms with Crippen molar-refractivity contribution < 1.29 is 4.79 Å². The quantitative estimate of drug-likeness (QED) is 0.876. The van der Waals surface area contributed by atoms with E-state index in [4.69, 9.17) is 23.2 Å². The minimum absolute atomic E-state index is 0.0664. The molecule has 1 aromatic rings. The summed E-state index contributed by atoms with van der Waals surface area (Å²) < 4.78 is 0. The number of carbonyl (C=O) groups is 1. The summed E-state index contributed by atoms with van der Waals surface area (Å²) in [5.41, 5.74) is 0.868. The number of rotatable bonds is 6. The highest BCUT2D eigenvalue weighted by atomic mass is 35.5. The molecule has 1 amide bonds. The molecule has 0 spiro atoms. The molecule has 1 saturated carbocycles. The molecule has 19 heavy (non-hydrogen) atoms. The first-order chi connectivity index (χ1) is 9.08. The second-order valence-electron chi connectivity index (χ2n) is 5.04. The van der Waals surface area contributed by atoms with Crippen LogP contribution in [0.25, 0.3) is 0 Å². The lowest BCUT2D eigenvalue weighted by atomic mass is 10.2. The summed E-state index contributed by atoms with van der Waals surface area (Å²) in [5.74, 6) is 0.845. The molecule has 0 unspecified atom stereocenters. The van der Waals surface area contributed by atoms with Crippen LogP contribution >= 0.6 is 23.2 Å². The van der Waals surface area contributed by atoms with Crippen LogP contribution in [0, 0.1) is 5.92 Å². The Bertz CT molecular complexity index is 461. The van der Waals surface area contributed by atoms with E-state index in [9.17, 15) is 4.79 Å². The van der Waals surface area contributed by atoms with E-state index in [1.165, 1.54) is 12.8 Å². The van der Waals surface area contributed by atoms with Gasteiger partial charge in [-0.3, -0.25) is 4.79 Å². The summed E-state index contributed by atoms with van der Waals surface area (Å²) in [5, 5.41) is 4.23. The summed E-state index contributed by atoms with van der Waals surface area (Å²) in [7, 11) is 1.78. The topological polar surface area (TPSA) is 32.3 Å². The normalized spacial score (nSPS) is 14.5. The van der Waals surface area contributed by atoms with Gasteiger partial charge >= 0.3 is 0 Å². The highest BCUT2D eigenvalue weighted by molar-refractivity contribution is 6.42. The molecule has 0 bridgehead atoms. The minimum atomic E-state index is 0.0664. The number of amides is 1. The molecule has 0 aromatic heterocycles. The second-order valence-corrected chi connectivity index (χ2v) is 5.82. The van der Waals surface area contributed by atoms with E-state index in [0.717, 1.165) is 18.0 Å². The average Bonchev–Trinajstić information content (AvgIpc) is 3.19. The lowest BCUT2D eigenvalue weighted by Gasteiger charge is -2.18. The third-order valence-electron chi connectivity index (χ3n) is 3.27. The molecule has 1 aromatic carbocycles. The van der Waals surface area contributed by atoms with Gasteiger partial charge in [0.05, 0.1) is 16.6 Å². The number of hydrogen-bond acceptors (Lipinski definition) is 2. The monoisotopic (exact) mass is 300 g/mol. The fourth-order valence-electron chi connectivity index (χ4n) is 1.85. The van der Waals surface area contributed by atoms with E-state index in [1.54, 1.807) is 18.0 Å². The van der Waals surface area contributed by atoms with Gasteiger partial charge in [-0.2, -0.15) is 0 Å². The standard InChI is InChI=1S/C14H18Cl2N2O/c1-18(13(19)8-17-7-10-5-6-10)9-11-3-2-4-12(15)14(11)16/h2-4,10,17H,5-9H2,1H3. The smallest absolute Gasteiger partial charge is 0.236 e. The molecule has 0 aliphatic heterocycles. The van der Waals surface area contributed by atoms with Crippen molar-refractivity contribution >= 4 is 29.1 Å². The van der Waals surface area contributed by atoms with Gasteiger partial charge in [-0.1, -0.05) is 35.3 Å². The van der Waals surface area contributed by atoms with E-state index in [1.807, 2.05) is 12.1 Å². The zero-order valence-electron chi connectivity index (χ0n) is 11.0. The Morgan fingerprint density at radius 2 is 2.16 bits per heavy atom. The van der Waals surface area contributed by atoms with Gasteiger partial charge in [-0.05, 0) is 36.9 Å². The van der Waals surface area contributed by atoms with Gasteiger partial charge in [0.2, 0.25) is 5.91 Å². The van der Waals surface area contributed by atoms with Crippen molar-refractivity contribution in [3.05, 3.63) is 33.8 Å². The maximum absolute atomic E-state index is 11.9. The predicted octanol–water partition coefficient (Wildman–Crippen LogP) is 2.95. The van der Waals surface area contributed by atoms with E-state index < -0.39 is 0 Å². The zero-order chi connectivity index (χ0) is 13.8. The van der Waals surface area contributed by atoms with Crippen LogP contribution in [0.2, 0.25) is 10.0 Å². The van der Waals surface area contributed by atoms with Gasteiger partial charge in [0.15, 0.2) is 0 Å². The molecule has 3 nitrogen and oxygen atoms in total. The van der Waals surface area contributed by atoms with Gasteiger partial charge in [-0.15, -0.1) is 0 Å². The first kappa shape index (κ1) is 14.6. The van der Waals surface area contributed by atoms with Crippen molar-refractivity contribution in [3.8, 4) is 0 Å². The Hall–Kier alpha value is -0.770. The van der Waals surface area contributed by atoms with E-state index >= 15 is 0 Å². The second kappa shape index (κ2) is 6.60. The highest BCUT2D eigenvalue weighted by Crippen LogP contribution is 2.27. The Labute approximate surface area is 123 Å². The van der Waals surface area contributed by atoms with Crippen LogP contribution < -0.4 is 5.32 Å². The molecule has 1 aliphatic carbocycles. The fourth-order valence-corrected chi connectivity index (χ4v) is 2.23. The van der Waals surface area contributed by atoms with Crippen molar-refractivity contribution in [2.75, 3.05) is 20.1 Å². The number of benzene rings is 1. The number of hydrogen-bond donors (Lipinski definition) is 1. The molecule has 1 aliphatic rings. The first-order valence-corrected chi connectivity index (χ1v) is 7.21. The fraction of sp³-hybridized carbons (Fsp3) is 0.500. The molecular weight excluding hydrogens is 283 g/mol. The van der Waals surface area contributed by atoms with Crippen molar-refractivity contribution in [2.24, 2.45) is 5.92 Å². The van der Waals surface area contributed by atoms with E-state index in [2.05, 4.69) is 5.32 Å². The minimum Gasteiger partial charge on any atom is -0.340 e. The number of likely N-dealkylation sites (N-methyl/N-ethyl adjacent to an activating group) is 1. The van der Waals surface area contributed by atoms with Gasteiger partial charge in [0.1, 0.15) is 0 Å². The molecule has 0 saturated heterocycles. The summed E-state index contributed by atoms with van der Waals surface area (Å²) in [6.07, 6.45) is 2.57. The van der Waals surface area contributed by atoms with Crippen molar-refractivity contribution in [1.82, 2.24) is 10.2 Å². The van der Waals surface area contributed by atoms with Gasteiger partial charge in [0, 0.05) is 13.6 Å². The van der Waals surface area contributed by atoms with Crippen LogP contribution in [-0.4, -0.2) is 30.9 Å². The largest absolute Gasteiger partial charge is 0.340 e. The van der Waals surface area contributed by atoms with Crippen LogP contribution in [0.3, 0.4) is 0 Å². The molecule has 2 rings (SSSR count). The Morgan fingerprint density at radius 3 is 2.84 bits per heavy atom. The Morgan fingerprint density at radius 1 is 1.42 bits per heavy atom. The van der Waals surface area contributed by atoms with Crippen LogP contribution in [0.15, 0.2) is 18.2 Å². The van der Waals surface area contributed by atoms with Crippen LogP contribution in [0.4, 0.5) is 0 Å². The molecule has 104 valence electrons. The Balaban J connectivity index is 1.82. The van der Waals surface area contributed by atoms with Crippen LogP contribution in [-0.2, 0) is 11.3 Å². The number of carbonyl (C=O) groups excluding carboxylic acids is 1. The van der Waals surface area contributed by atoms with Crippen LogP contribution in [0.1, 0.15) is 18.4 Å². The predicted molar refractivity (Wildman–Crippen MR) is 78.5 cm³/mol. The SMILES string of the molecule is CN(Cc1cccc(Cl)c1Cl)C(=O)CNCC1CC1. The van der Waals surface area contributed by atoms with Gasteiger partial charge < -0.3 is 10.2 Å². The third kappa shape index (κ3) is 4.37. The number of halogens is 2. The highest BCUT2D eigenvalue weighted by Gasteiger charge is 2.21. The number of nitrogens with one attached hydrogen (secondary N) is 1. The summed E-state index contributed by atoms with van der Waals surface area (Å²) in [4.78, 5) is 13.6. The molecule has 1 fully saturated rings. The summed E-state index contributed by atoms with van der Waals surface area (Å²) in [6.45, 7) is 1.80. The third-order valence-corrected chi connectivity index (χ3v) is 4.13. The maximum atomic E-state index is 11.9. The van der Waals surface area contributed by atoms with Crippen LogP contribution in [0.5, 0.6) is 0 Å². The lowest BCUT2D eigenvalue weighted by molar-refractivity contribution is -0.129. The summed E-state index contributed by atoms with van der Waals surface area (Å²) >= 11 is 12.1. The molecular formula is C14H18Cl2N2O. The van der Waals surface area contributed by atoms with Gasteiger partial charge in [0.25, 0.3) is 0 Å². The molecule has 1 N–H and O–H groups in total. The van der Waals surface area contributed by atoms with Crippen molar-refractivity contribution in [2.45, 2.75) is 19.4 Å². The number of nitrogens with zero attached hydrogens (tertiary/aromatic N) is 1. The lowest BCUT2D eigenvalue weighted by Crippen LogP contribution is -2.35. The Kier molecular flexibility index (Phi) is 5.08. The summed E-state index contributed by atoms with van der Waals surface area (Å²) in [6, 6.07) is 5.47. The van der Waals surface area contributed by atoms with Crippen molar-refractivity contribution in [1.29, 1.82) is 0 Å². The van der Waals surface area contributed by atoms with Gasteiger partial charge in [-0.25, -0.2) is 0 Å². The van der Waals surface area contributed by atoms with E-state index in [-0.39, 0.29) is 5.91 Å². The molecule has 5 heteroatoms. The molecule has 0 heterocycles. The molecule has 0 radical (unpaired) electrons. The first-order valence-electron chi connectivity index (χ1n) is 6.45.